The minimum Gasteiger partial charge on any atom is -0.391 e. The van der Waals surface area contributed by atoms with E-state index in [1.165, 1.54) is 5.56 Å². The van der Waals surface area contributed by atoms with Gasteiger partial charge in [-0.25, -0.2) is 0 Å². The zero-order valence-electron chi connectivity index (χ0n) is 8.55. The van der Waals surface area contributed by atoms with Gasteiger partial charge in [-0.1, -0.05) is 13.0 Å². The first-order chi connectivity index (χ1) is 6.63. The molecule has 1 aromatic carbocycles. The lowest BCUT2D eigenvalue weighted by molar-refractivity contribution is 0.183. The van der Waals surface area contributed by atoms with Gasteiger partial charge in [0.2, 0.25) is 0 Å². The number of hydrogen-bond donors (Lipinski definition) is 2. The average molecular weight is 258 g/mol. The number of hydrogen-bond acceptors (Lipinski definition) is 2. The summed E-state index contributed by atoms with van der Waals surface area (Å²) in [6.45, 7) is 4.62. The van der Waals surface area contributed by atoms with Gasteiger partial charge >= 0.3 is 0 Å². The van der Waals surface area contributed by atoms with E-state index in [9.17, 15) is 5.11 Å². The molecule has 1 atom stereocenters. The van der Waals surface area contributed by atoms with Crippen LogP contribution in [0.2, 0.25) is 0 Å². The van der Waals surface area contributed by atoms with Gasteiger partial charge in [-0.3, -0.25) is 0 Å². The smallest absolute Gasteiger partial charge is 0.0709 e. The van der Waals surface area contributed by atoms with Gasteiger partial charge in [0.15, 0.2) is 0 Å². The molecule has 0 saturated heterocycles. The quantitative estimate of drug-likeness (QED) is 0.870. The molecule has 0 aliphatic rings. The number of aryl methyl sites for hydroxylation is 1. The first kappa shape index (κ1) is 11.5. The molecule has 0 aliphatic heterocycles. The Kier molecular flexibility index (Phi) is 4.42. The molecule has 3 heteroatoms. The third-order valence-corrected chi connectivity index (χ3v) is 2.81. The second kappa shape index (κ2) is 5.37. The number of aliphatic hydroxyl groups excluding tert-OH is 1. The summed E-state index contributed by atoms with van der Waals surface area (Å²) in [6.07, 6.45) is 0.499. The van der Waals surface area contributed by atoms with Crippen LogP contribution in [0, 0.1) is 6.92 Å². The van der Waals surface area contributed by atoms with Crippen molar-refractivity contribution in [2.45, 2.75) is 26.4 Å². The summed E-state index contributed by atoms with van der Waals surface area (Å²) in [4.78, 5) is 0. The summed E-state index contributed by atoms with van der Waals surface area (Å²) >= 11 is 3.46. The molecular weight excluding hydrogens is 242 g/mol. The van der Waals surface area contributed by atoms with Crippen LogP contribution in [0.1, 0.15) is 18.9 Å². The molecule has 2 nitrogen and oxygen atoms in total. The third-order valence-electron chi connectivity index (χ3n) is 2.12. The Morgan fingerprint density at radius 1 is 1.50 bits per heavy atom. The van der Waals surface area contributed by atoms with Crippen molar-refractivity contribution in [2.24, 2.45) is 0 Å². The fraction of sp³-hybridized carbons (Fsp3) is 0.455. The van der Waals surface area contributed by atoms with Crippen LogP contribution in [-0.2, 0) is 0 Å². The van der Waals surface area contributed by atoms with E-state index in [4.69, 9.17) is 0 Å². The summed E-state index contributed by atoms with van der Waals surface area (Å²) in [5, 5.41) is 12.6. The lowest BCUT2D eigenvalue weighted by atomic mass is 10.2. The summed E-state index contributed by atoms with van der Waals surface area (Å²) in [5.74, 6) is 0. The average Bonchev–Trinajstić information content (AvgIpc) is 2.19. The van der Waals surface area contributed by atoms with E-state index in [2.05, 4.69) is 27.3 Å². The maximum absolute atomic E-state index is 9.40. The van der Waals surface area contributed by atoms with E-state index in [-0.39, 0.29) is 6.10 Å². The van der Waals surface area contributed by atoms with Gasteiger partial charge in [0.25, 0.3) is 0 Å². The van der Waals surface area contributed by atoms with Crippen molar-refractivity contribution in [3.05, 3.63) is 28.2 Å². The maximum Gasteiger partial charge on any atom is 0.0709 e. The van der Waals surface area contributed by atoms with Gasteiger partial charge in [0, 0.05) is 16.7 Å². The van der Waals surface area contributed by atoms with Crippen LogP contribution in [0.5, 0.6) is 0 Å². The van der Waals surface area contributed by atoms with Gasteiger partial charge in [0.1, 0.15) is 0 Å². The van der Waals surface area contributed by atoms with Crippen molar-refractivity contribution in [2.75, 3.05) is 11.9 Å². The fourth-order valence-corrected chi connectivity index (χ4v) is 1.53. The Balaban J connectivity index is 2.62. The minimum absolute atomic E-state index is 0.276. The van der Waals surface area contributed by atoms with Gasteiger partial charge in [-0.05, 0) is 47.0 Å². The zero-order chi connectivity index (χ0) is 10.6. The molecule has 1 rings (SSSR count). The molecule has 0 radical (unpaired) electrons. The molecule has 1 aromatic rings. The highest BCUT2D eigenvalue weighted by Crippen LogP contribution is 2.23. The highest BCUT2D eigenvalue weighted by Gasteiger charge is 2.02. The first-order valence-electron chi connectivity index (χ1n) is 4.81. The van der Waals surface area contributed by atoms with Crippen molar-refractivity contribution in [3.8, 4) is 0 Å². The SMILES string of the molecule is CC[C@@H](O)CNc1cc(C)ccc1Br. The largest absolute Gasteiger partial charge is 0.391 e. The van der Waals surface area contributed by atoms with Gasteiger partial charge in [0.05, 0.1) is 6.10 Å². The molecule has 0 bridgehead atoms. The van der Waals surface area contributed by atoms with Gasteiger partial charge in [-0.2, -0.15) is 0 Å². The highest BCUT2D eigenvalue weighted by atomic mass is 79.9. The standard InChI is InChI=1S/C11H16BrNO/c1-3-9(14)7-13-11-6-8(2)4-5-10(11)12/h4-6,9,13-14H,3,7H2,1-2H3/t9-/m1/s1. The van der Waals surface area contributed by atoms with Crippen LogP contribution in [0.4, 0.5) is 5.69 Å². The van der Waals surface area contributed by atoms with Crippen molar-refractivity contribution in [1.82, 2.24) is 0 Å². The number of anilines is 1. The monoisotopic (exact) mass is 257 g/mol. The highest BCUT2D eigenvalue weighted by molar-refractivity contribution is 9.10. The Labute approximate surface area is 93.5 Å². The van der Waals surface area contributed by atoms with Gasteiger partial charge in [-0.15, -0.1) is 0 Å². The molecule has 0 aliphatic carbocycles. The fourth-order valence-electron chi connectivity index (χ4n) is 1.15. The maximum atomic E-state index is 9.40. The Bertz CT molecular complexity index is 301. The van der Waals surface area contributed by atoms with Crippen molar-refractivity contribution < 1.29 is 5.11 Å². The second-order valence-electron chi connectivity index (χ2n) is 3.43. The van der Waals surface area contributed by atoms with E-state index < -0.39 is 0 Å². The lowest BCUT2D eigenvalue weighted by Gasteiger charge is -2.12. The molecule has 78 valence electrons. The minimum atomic E-state index is -0.276. The molecule has 2 N–H and O–H groups in total. The lowest BCUT2D eigenvalue weighted by Crippen LogP contribution is -2.18. The second-order valence-corrected chi connectivity index (χ2v) is 4.28. The molecule has 0 spiro atoms. The number of benzene rings is 1. The van der Waals surface area contributed by atoms with E-state index in [1.54, 1.807) is 0 Å². The van der Waals surface area contributed by atoms with Crippen molar-refractivity contribution >= 4 is 21.6 Å². The Morgan fingerprint density at radius 3 is 2.86 bits per heavy atom. The van der Waals surface area contributed by atoms with Crippen LogP contribution in [0.25, 0.3) is 0 Å². The van der Waals surface area contributed by atoms with Crippen LogP contribution in [-0.4, -0.2) is 17.8 Å². The first-order valence-corrected chi connectivity index (χ1v) is 5.61. The van der Waals surface area contributed by atoms with Crippen LogP contribution in [0.15, 0.2) is 22.7 Å². The van der Waals surface area contributed by atoms with E-state index in [0.29, 0.717) is 6.54 Å². The molecule has 0 amide bonds. The van der Waals surface area contributed by atoms with E-state index >= 15 is 0 Å². The zero-order valence-corrected chi connectivity index (χ0v) is 10.1. The summed E-state index contributed by atoms with van der Waals surface area (Å²) in [5.41, 5.74) is 2.25. The number of nitrogens with one attached hydrogen (secondary N) is 1. The van der Waals surface area contributed by atoms with Crippen molar-refractivity contribution in [3.63, 3.8) is 0 Å². The molecule has 0 heterocycles. The summed E-state index contributed by atoms with van der Waals surface area (Å²) < 4.78 is 1.03. The number of rotatable bonds is 4. The Morgan fingerprint density at radius 2 is 2.21 bits per heavy atom. The van der Waals surface area contributed by atoms with Crippen LogP contribution < -0.4 is 5.32 Å². The topological polar surface area (TPSA) is 32.3 Å². The summed E-state index contributed by atoms with van der Waals surface area (Å²) in [7, 11) is 0. The summed E-state index contributed by atoms with van der Waals surface area (Å²) in [6, 6.07) is 6.12. The number of halogens is 1. The molecule has 0 unspecified atom stereocenters. The van der Waals surface area contributed by atoms with Gasteiger partial charge < -0.3 is 10.4 Å². The molecule has 0 saturated carbocycles. The van der Waals surface area contributed by atoms with Crippen molar-refractivity contribution in [1.29, 1.82) is 0 Å². The number of aliphatic hydroxyl groups is 1. The molecule has 14 heavy (non-hydrogen) atoms. The van der Waals surface area contributed by atoms with Crippen LogP contribution in [0.3, 0.4) is 0 Å². The predicted octanol–water partition coefficient (Wildman–Crippen LogP) is 2.94. The predicted molar refractivity (Wildman–Crippen MR) is 63.7 cm³/mol. The molecule has 0 fully saturated rings. The molecule has 0 aromatic heterocycles. The normalized spacial score (nSPS) is 12.6. The molecular formula is C11H16BrNO. The van der Waals surface area contributed by atoms with E-state index in [1.807, 2.05) is 26.0 Å². The van der Waals surface area contributed by atoms with Crippen LogP contribution >= 0.6 is 15.9 Å². The van der Waals surface area contributed by atoms with E-state index in [0.717, 1.165) is 16.6 Å². The third kappa shape index (κ3) is 3.31. The Hall–Kier alpha value is -0.540.